The van der Waals surface area contributed by atoms with Crippen LogP contribution < -0.4 is 21.7 Å². The molecular weight excluding hydrogens is 416 g/mol. The molecule has 1 aromatic carbocycles. The maximum atomic E-state index is 12.0. The second-order valence-electron chi connectivity index (χ2n) is 8.11. The summed E-state index contributed by atoms with van der Waals surface area (Å²) in [4.78, 5) is 35.7. The van der Waals surface area contributed by atoms with Gasteiger partial charge in [0.05, 0.1) is 19.3 Å². The van der Waals surface area contributed by atoms with Gasteiger partial charge >= 0.3 is 0 Å². The number of carbonyl (C=O) groups excluding carboxylic acids is 3. The zero-order valence-corrected chi connectivity index (χ0v) is 19.1. The summed E-state index contributed by atoms with van der Waals surface area (Å²) in [6.45, 7) is 5.85. The number of nitrogens with one attached hydrogen (secondary N) is 3. The Labute approximate surface area is 189 Å². The van der Waals surface area contributed by atoms with Gasteiger partial charge in [0.25, 0.3) is 0 Å². The van der Waals surface area contributed by atoms with E-state index in [2.05, 4.69) is 16.0 Å². The number of aliphatic hydroxyl groups excluding tert-OH is 1. The summed E-state index contributed by atoms with van der Waals surface area (Å²) in [6.07, 6.45) is 1.47. The molecule has 6 N–H and O–H groups in total. The fraction of sp³-hybridized carbons (Fsp3) is 0.591. The summed E-state index contributed by atoms with van der Waals surface area (Å²) in [7, 11) is 0. The topological polar surface area (TPSA) is 152 Å². The summed E-state index contributed by atoms with van der Waals surface area (Å²) in [5, 5.41) is 16.9. The highest BCUT2D eigenvalue weighted by molar-refractivity contribution is 5.94. The van der Waals surface area contributed by atoms with Crippen LogP contribution in [0.25, 0.3) is 0 Å². The van der Waals surface area contributed by atoms with Crippen molar-refractivity contribution in [1.29, 1.82) is 0 Å². The van der Waals surface area contributed by atoms with E-state index in [4.69, 9.17) is 20.3 Å². The Morgan fingerprint density at radius 2 is 1.75 bits per heavy atom. The Bertz CT molecular complexity index is 724. The van der Waals surface area contributed by atoms with E-state index in [1.807, 2.05) is 20.8 Å². The minimum absolute atomic E-state index is 0.0715. The Kier molecular flexibility index (Phi) is 12.5. The predicted octanol–water partition coefficient (Wildman–Crippen LogP) is 0.289. The van der Waals surface area contributed by atoms with Gasteiger partial charge in [-0.1, -0.05) is 12.1 Å². The average Bonchev–Trinajstić information content (AvgIpc) is 2.72. The molecule has 0 aliphatic carbocycles. The lowest BCUT2D eigenvalue weighted by Gasteiger charge is -2.27. The first kappa shape index (κ1) is 27.5. The Morgan fingerprint density at radius 1 is 1.09 bits per heavy atom. The molecule has 1 rings (SSSR count). The third-order valence-corrected chi connectivity index (χ3v) is 4.51. The van der Waals surface area contributed by atoms with Crippen molar-refractivity contribution in [1.82, 2.24) is 10.6 Å². The van der Waals surface area contributed by atoms with Crippen molar-refractivity contribution in [3.05, 3.63) is 29.8 Å². The van der Waals surface area contributed by atoms with Crippen LogP contribution in [0.4, 0.5) is 5.69 Å². The summed E-state index contributed by atoms with van der Waals surface area (Å²) in [6, 6.07) is 6.68. The average molecular weight is 453 g/mol. The van der Waals surface area contributed by atoms with Crippen LogP contribution in [-0.4, -0.2) is 67.4 Å². The number of rotatable bonds is 15. The minimum atomic E-state index is -0.509. The molecule has 1 atom stereocenters. The smallest absolute Gasteiger partial charge is 0.246 e. The number of hydrogen-bond acceptors (Lipinski definition) is 7. The van der Waals surface area contributed by atoms with Gasteiger partial charge in [0.15, 0.2) is 0 Å². The lowest BCUT2D eigenvalue weighted by atomic mass is 10.0. The molecule has 0 aliphatic rings. The van der Waals surface area contributed by atoms with E-state index in [1.54, 1.807) is 24.3 Å². The first-order valence-corrected chi connectivity index (χ1v) is 10.6. The third-order valence-electron chi connectivity index (χ3n) is 4.51. The molecule has 10 heteroatoms. The van der Waals surface area contributed by atoms with E-state index in [9.17, 15) is 14.4 Å². The lowest BCUT2D eigenvalue weighted by Crippen LogP contribution is -2.46. The van der Waals surface area contributed by atoms with E-state index in [-0.39, 0.29) is 38.4 Å². The van der Waals surface area contributed by atoms with E-state index in [0.717, 1.165) is 12.0 Å². The molecule has 0 spiro atoms. The Hall–Kier alpha value is -2.53. The van der Waals surface area contributed by atoms with Gasteiger partial charge in [0, 0.05) is 17.8 Å². The first-order valence-electron chi connectivity index (χ1n) is 10.6. The summed E-state index contributed by atoms with van der Waals surface area (Å²) in [5.74, 6) is -1.26. The molecule has 0 saturated heterocycles. The zero-order chi connectivity index (χ0) is 24.0. The van der Waals surface area contributed by atoms with Crippen molar-refractivity contribution >= 4 is 23.4 Å². The van der Waals surface area contributed by atoms with Crippen LogP contribution in [0.5, 0.6) is 0 Å². The van der Waals surface area contributed by atoms with E-state index < -0.39 is 17.4 Å². The minimum Gasteiger partial charge on any atom is -0.392 e. The first-order chi connectivity index (χ1) is 15.1. The predicted molar refractivity (Wildman–Crippen MR) is 121 cm³/mol. The van der Waals surface area contributed by atoms with Gasteiger partial charge in [-0.25, -0.2) is 0 Å². The van der Waals surface area contributed by atoms with Crippen LogP contribution in [0.1, 0.15) is 39.2 Å². The van der Waals surface area contributed by atoms with Crippen LogP contribution in [-0.2, 0) is 30.5 Å². The van der Waals surface area contributed by atoms with Gasteiger partial charge < -0.3 is 36.3 Å². The van der Waals surface area contributed by atoms with Crippen LogP contribution in [0.2, 0.25) is 0 Å². The number of benzene rings is 1. The van der Waals surface area contributed by atoms with Gasteiger partial charge in [-0.05, 0) is 57.9 Å². The molecule has 10 nitrogen and oxygen atoms in total. The van der Waals surface area contributed by atoms with Crippen molar-refractivity contribution in [2.24, 2.45) is 5.73 Å². The van der Waals surface area contributed by atoms with E-state index in [1.165, 1.54) is 0 Å². The fourth-order valence-electron chi connectivity index (χ4n) is 2.67. The molecule has 0 aliphatic heterocycles. The highest BCUT2D eigenvalue weighted by Gasteiger charge is 2.21. The molecule has 0 radical (unpaired) electrons. The van der Waals surface area contributed by atoms with E-state index in [0.29, 0.717) is 25.3 Å². The number of nitrogens with two attached hydrogens (primary N) is 1. The molecule has 0 aromatic heterocycles. The molecule has 0 heterocycles. The number of anilines is 1. The molecule has 1 unspecified atom stereocenters. The van der Waals surface area contributed by atoms with Crippen LogP contribution in [0.15, 0.2) is 24.3 Å². The molecule has 32 heavy (non-hydrogen) atoms. The number of carbonyl (C=O) groups is 3. The van der Waals surface area contributed by atoms with Gasteiger partial charge in [-0.3, -0.25) is 14.4 Å². The molecule has 0 bridgehead atoms. The number of hydrogen-bond donors (Lipinski definition) is 5. The highest BCUT2D eigenvalue weighted by atomic mass is 16.5. The fourth-order valence-corrected chi connectivity index (χ4v) is 2.67. The van der Waals surface area contributed by atoms with Gasteiger partial charge in [-0.2, -0.15) is 0 Å². The summed E-state index contributed by atoms with van der Waals surface area (Å²) in [5.41, 5.74) is 6.28. The SMILES string of the molecule is CC(CCN)OCCC(C)(C)NC(=O)COCC(=O)NCC(=O)Nc1ccc(CO)cc1. The van der Waals surface area contributed by atoms with Crippen molar-refractivity contribution in [3.63, 3.8) is 0 Å². The lowest BCUT2D eigenvalue weighted by molar-refractivity contribution is -0.132. The molecule has 1 aromatic rings. The van der Waals surface area contributed by atoms with Crippen LogP contribution in [0, 0.1) is 0 Å². The molecule has 180 valence electrons. The molecule has 0 fully saturated rings. The van der Waals surface area contributed by atoms with Gasteiger partial charge in [0.2, 0.25) is 17.7 Å². The molecule has 3 amide bonds. The van der Waals surface area contributed by atoms with Crippen molar-refractivity contribution < 1.29 is 29.0 Å². The largest absolute Gasteiger partial charge is 0.392 e. The second-order valence-corrected chi connectivity index (χ2v) is 8.11. The zero-order valence-electron chi connectivity index (χ0n) is 19.1. The normalized spacial score (nSPS) is 12.2. The van der Waals surface area contributed by atoms with Crippen LogP contribution >= 0.6 is 0 Å². The number of ether oxygens (including phenoxy) is 2. The quantitative estimate of drug-likeness (QED) is 0.256. The maximum absolute atomic E-state index is 12.0. The third kappa shape index (κ3) is 12.4. The van der Waals surface area contributed by atoms with Crippen molar-refractivity contribution in [2.45, 2.75) is 51.9 Å². The van der Waals surface area contributed by atoms with Gasteiger partial charge in [0.1, 0.15) is 13.2 Å². The second kappa shape index (κ2) is 14.5. The van der Waals surface area contributed by atoms with Crippen molar-refractivity contribution in [2.75, 3.05) is 38.2 Å². The highest BCUT2D eigenvalue weighted by Crippen LogP contribution is 2.10. The molecule has 0 saturated carbocycles. The maximum Gasteiger partial charge on any atom is 0.246 e. The number of amides is 3. The van der Waals surface area contributed by atoms with Crippen LogP contribution in [0.3, 0.4) is 0 Å². The molecular formula is C22H36N4O6. The number of aliphatic hydroxyl groups is 1. The standard InChI is InChI=1S/C22H36N4O6/c1-16(8-10-23)32-11-9-22(2,3)26-21(30)15-31-14-20(29)24-12-19(28)25-18-6-4-17(13-27)5-7-18/h4-7,16,27H,8-15,23H2,1-3H3,(H,24,29)(H,25,28)(H,26,30). The van der Waals surface area contributed by atoms with Crippen molar-refractivity contribution in [3.8, 4) is 0 Å². The Morgan fingerprint density at radius 3 is 2.38 bits per heavy atom. The monoisotopic (exact) mass is 452 g/mol. The summed E-state index contributed by atoms with van der Waals surface area (Å²) < 4.78 is 10.8. The summed E-state index contributed by atoms with van der Waals surface area (Å²) >= 11 is 0. The van der Waals surface area contributed by atoms with Gasteiger partial charge in [-0.15, -0.1) is 0 Å². The Balaban J connectivity index is 2.20. The van der Waals surface area contributed by atoms with E-state index >= 15 is 0 Å².